The van der Waals surface area contributed by atoms with Gasteiger partial charge in [0.15, 0.2) is 0 Å². The number of pyridine rings is 1. The number of halogens is 1. The Morgan fingerprint density at radius 2 is 2.35 bits per heavy atom. The Labute approximate surface area is 97.0 Å². The van der Waals surface area contributed by atoms with Crippen molar-refractivity contribution in [1.82, 2.24) is 10.3 Å². The normalized spacial score (nSPS) is 11.6. The maximum absolute atomic E-state index is 13.1. The summed E-state index contributed by atoms with van der Waals surface area (Å²) in [7, 11) is 0. The van der Waals surface area contributed by atoms with Crippen molar-refractivity contribution in [1.29, 1.82) is 0 Å². The molecule has 2 N–H and O–H groups in total. The molecule has 1 aromatic rings. The molecule has 1 unspecified atom stereocenters. The van der Waals surface area contributed by atoms with Gasteiger partial charge in [-0.2, -0.15) is 4.39 Å². The minimum absolute atomic E-state index is 0.0585. The summed E-state index contributed by atoms with van der Waals surface area (Å²) in [6.45, 7) is 3.38. The van der Waals surface area contributed by atoms with Gasteiger partial charge in [0.2, 0.25) is 5.95 Å². The predicted octanol–water partition coefficient (Wildman–Crippen LogP) is 0.980. The fourth-order valence-corrected chi connectivity index (χ4v) is 1.18. The minimum Gasteiger partial charge on any atom is -0.480 e. The SMILES string of the molecule is C=CCC(NC(=O)c1cccnc1F)C(=O)O. The Hall–Kier alpha value is -2.24. The van der Waals surface area contributed by atoms with Crippen LogP contribution in [0.2, 0.25) is 0 Å². The summed E-state index contributed by atoms with van der Waals surface area (Å²) in [5.41, 5.74) is -0.289. The zero-order valence-electron chi connectivity index (χ0n) is 8.89. The van der Waals surface area contributed by atoms with E-state index in [0.717, 1.165) is 0 Å². The molecule has 0 fully saturated rings. The van der Waals surface area contributed by atoms with E-state index in [0.29, 0.717) is 0 Å². The van der Waals surface area contributed by atoms with Crippen molar-refractivity contribution in [2.45, 2.75) is 12.5 Å². The molecule has 1 rings (SSSR count). The summed E-state index contributed by atoms with van der Waals surface area (Å²) in [6, 6.07) is 1.49. The summed E-state index contributed by atoms with van der Waals surface area (Å²) in [5.74, 6) is -2.96. The van der Waals surface area contributed by atoms with Crippen molar-refractivity contribution >= 4 is 11.9 Å². The van der Waals surface area contributed by atoms with Gasteiger partial charge in [-0.15, -0.1) is 6.58 Å². The van der Waals surface area contributed by atoms with E-state index >= 15 is 0 Å². The molecule has 1 atom stereocenters. The highest BCUT2D eigenvalue weighted by Gasteiger charge is 2.21. The van der Waals surface area contributed by atoms with Crippen LogP contribution in [0, 0.1) is 5.95 Å². The van der Waals surface area contributed by atoms with Crippen molar-refractivity contribution in [2.24, 2.45) is 0 Å². The van der Waals surface area contributed by atoms with E-state index in [2.05, 4.69) is 16.9 Å². The van der Waals surface area contributed by atoms with Crippen molar-refractivity contribution in [3.8, 4) is 0 Å². The van der Waals surface area contributed by atoms with Crippen LogP contribution in [0.25, 0.3) is 0 Å². The quantitative estimate of drug-likeness (QED) is 0.592. The Kier molecular flexibility index (Phi) is 4.33. The van der Waals surface area contributed by atoms with Gasteiger partial charge in [-0.3, -0.25) is 4.79 Å². The number of carboxylic acids is 1. The number of hydrogen-bond acceptors (Lipinski definition) is 3. The van der Waals surface area contributed by atoms with E-state index < -0.39 is 23.9 Å². The number of aromatic nitrogens is 1. The second-order valence-corrected chi connectivity index (χ2v) is 3.23. The Balaban J connectivity index is 2.81. The monoisotopic (exact) mass is 238 g/mol. The van der Waals surface area contributed by atoms with Gasteiger partial charge in [0.1, 0.15) is 6.04 Å². The van der Waals surface area contributed by atoms with E-state index in [9.17, 15) is 14.0 Å². The third-order valence-electron chi connectivity index (χ3n) is 2.01. The minimum atomic E-state index is -1.21. The average molecular weight is 238 g/mol. The summed E-state index contributed by atoms with van der Waals surface area (Å²) >= 11 is 0. The lowest BCUT2D eigenvalue weighted by molar-refractivity contribution is -0.139. The maximum atomic E-state index is 13.1. The fraction of sp³-hybridized carbons (Fsp3) is 0.182. The number of carboxylic acid groups (broad SMARTS) is 1. The van der Waals surface area contributed by atoms with Crippen molar-refractivity contribution in [2.75, 3.05) is 0 Å². The number of carbonyl (C=O) groups excluding carboxylic acids is 1. The molecule has 5 nitrogen and oxygen atoms in total. The van der Waals surface area contributed by atoms with Gasteiger partial charge in [0.05, 0.1) is 5.56 Å². The first-order chi connectivity index (χ1) is 8.06. The standard InChI is InChI=1S/C11H11FN2O3/c1-2-4-8(11(16)17)14-10(15)7-5-3-6-13-9(7)12/h2-3,5-6,8H,1,4H2,(H,14,15)(H,16,17). The zero-order chi connectivity index (χ0) is 12.8. The molecule has 0 aliphatic heterocycles. The number of rotatable bonds is 5. The van der Waals surface area contributed by atoms with Crippen LogP contribution in [0.1, 0.15) is 16.8 Å². The second kappa shape index (κ2) is 5.74. The molecule has 90 valence electrons. The molecule has 0 aromatic carbocycles. The lowest BCUT2D eigenvalue weighted by Crippen LogP contribution is -2.40. The van der Waals surface area contributed by atoms with Gasteiger partial charge in [-0.25, -0.2) is 9.78 Å². The molecule has 0 spiro atoms. The van der Waals surface area contributed by atoms with Crippen LogP contribution in [0.4, 0.5) is 4.39 Å². The molecule has 6 heteroatoms. The molecule has 0 aliphatic carbocycles. The highest BCUT2D eigenvalue weighted by molar-refractivity contribution is 5.96. The van der Waals surface area contributed by atoms with E-state index in [1.165, 1.54) is 24.4 Å². The molecule has 0 bridgehead atoms. The first-order valence-corrected chi connectivity index (χ1v) is 4.81. The molecule has 0 saturated carbocycles. The third-order valence-corrected chi connectivity index (χ3v) is 2.01. The number of nitrogens with zero attached hydrogens (tertiary/aromatic N) is 1. The van der Waals surface area contributed by atoms with Crippen LogP contribution < -0.4 is 5.32 Å². The van der Waals surface area contributed by atoms with Gasteiger partial charge < -0.3 is 10.4 Å². The molecule has 1 aromatic heterocycles. The highest BCUT2D eigenvalue weighted by Crippen LogP contribution is 2.04. The van der Waals surface area contributed by atoms with Crippen LogP contribution in [-0.2, 0) is 4.79 Å². The summed E-state index contributed by atoms with van der Waals surface area (Å²) in [4.78, 5) is 25.6. The summed E-state index contributed by atoms with van der Waals surface area (Å²) in [5, 5.41) is 11.0. The molecule has 17 heavy (non-hydrogen) atoms. The second-order valence-electron chi connectivity index (χ2n) is 3.23. The Morgan fingerprint density at radius 3 is 2.88 bits per heavy atom. The van der Waals surface area contributed by atoms with Gasteiger partial charge >= 0.3 is 5.97 Å². The van der Waals surface area contributed by atoms with Crippen LogP contribution in [0.3, 0.4) is 0 Å². The van der Waals surface area contributed by atoms with E-state index in [4.69, 9.17) is 5.11 Å². The molecule has 1 heterocycles. The molecule has 0 radical (unpaired) electrons. The summed E-state index contributed by atoms with van der Waals surface area (Å²) in [6.07, 6.45) is 2.62. The van der Waals surface area contributed by atoms with Crippen LogP contribution in [0.15, 0.2) is 31.0 Å². The Bertz CT molecular complexity index is 448. The molecule has 0 saturated heterocycles. The third kappa shape index (κ3) is 3.37. The first-order valence-electron chi connectivity index (χ1n) is 4.81. The number of carbonyl (C=O) groups is 2. The van der Waals surface area contributed by atoms with E-state index in [1.54, 1.807) is 0 Å². The largest absolute Gasteiger partial charge is 0.480 e. The summed E-state index contributed by atoms with van der Waals surface area (Å²) < 4.78 is 13.1. The van der Waals surface area contributed by atoms with Crippen LogP contribution in [-0.4, -0.2) is 28.0 Å². The van der Waals surface area contributed by atoms with Crippen LogP contribution in [0.5, 0.6) is 0 Å². The predicted molar refractivity (Wildman–Crippen MR) is 57.9 cm³/mol. The van der Waals surface area contributed by atoms with Gasteiger partial charge in [-0.05, 0) is 18.6 Å². The molecular formula is C11H11FN2O3. The molecule has 1 amide bonds. The van der Waals surface area contributed by atoms with Crippen LogP contribution >= 0.6 is 0 Å². The topological polar surface area (TPSA) is 79.3 Å². The number of hydrogen-bond donors (Lipinski definition) is 2. The lowest BCUT2D eigenvalue weighted by atomic mass is 10.2. The zero-order valence-corrected chi connectivity index (χ0v) is 8.89. The smallest absolute Gasteiger partial charge is 0.326 e. The van der Waals surface area contributed by atoms with Crippen molar-refractivity contribution < 1.29 is 19.1 Å². The number of amides is 1. The molecular weight excluding hydrogens is 227 g/mol. The average Bonchev–Trinajstić information content (AvgIpc) is 2.28. The van der Waals surface area contributed by atoms with E-state index in [-0.39, 0.29) is 12.0 Å². The van der Waals surface area contributed by atoms with Gasteiger partial charge in [0.25, 0.3) is 5.91 Å². The Morgan fingerprint density at radius 1 is 1.65 bits per heavy atom. The van der Waals surface area contributed by atoms with E-state index in [1.807, 2.05) is 0 Å². The number of aliphatic carboxylic acids is 1. The van der Waals surface area contributed by atoms with Gasteiger partial charge in [-0.1, -0.05) is 6.08 Å². The fourth-order valence-electron chi connectivity index (χ4n) is 1.18. The lowest BCUT2D eigenvalue weighted by Gasteiger charge is -2.12. The first kappa shape index (κ1) is 12.8. The molecule has 0 aliphatic rings. The van der Waals surface area contributed by atoms with Crippen molar-refractivity contribution in [3.05, 3.63) is 42.5 Å². The maximum Gasteiger partial charge on any atom is 0.326 e. The number of nitrogens with one attached hydrogen (secondary N) is 1. The van der Waals surface area contributed by atoms with Crippen molar-refractivity contribution in [3.63, 3.8) is 0 Å². The van der Waals surface area contributed by atoms with Gasteiger partial charge in [0, 0.05) is 6.20 Å². The highest BCUT2D eigenvalue weighted by atomic mass is 19.1.